The Balaban J connectivity index is 2.64. The van der Waals surface area contributed by atoms with Gasteiger partial charge in [-0.2, -0.15) is 0 Å². The number of rotatable bonds is 2. The Morgan fingerprint density at radius 2 is 2.25 bits per heavy atom. The van der Waals surface area contributed by atoms with Gasteiger partial charge in [0.25, 0.3) is 0 Å². The van der Waals surface area contributed by atoms with Gasteiger partial charge in [0, 0.05) is 6.92 Å². The summed E-state index contributed by atoms with van der Waals surface area (Å²) in [6.07, 6.45) is -0.295. The molecule has 1 heterocycles. The molecule has 0 aliphatic heterocycles. The van der Waals surface area contributed by atoms with E-state index in [1.54, 1.807) is 6.92 Å². The van der Waals surface area contributed by atoms with E-state index in [4.69, 9.17) is 9.15 Å². The Morgan fingerprint density at radius 1 is 1.58 bits per heavy atom. The van der Waals surface area contributed by atoms with Crippen LogP contribution in [0, 0.1) is 6.92 Å². The van der Waals surface area contributed by atoms with Gasteiger partial charge in [0.15, 0.2) is 6.10 Å². The first kappa shape index (κ1) is 8.84. The molecule has 0 aromatic carbocycles. The van der Waals surface area contributed by atoms with E-state index in [1.165, 1.54) is 6.92 Å². The molecule has 1 unspecified atom stereocenters. The van der Waals surface area contributed by atoms with Gasteiger partial charge in [0.2, 0.25) is 0 Å². The Bertz CT molecular complexity index is 275. The average Bonchev–Trinajstić information content (AvgIpc) is 2.34. The van der Waals surface area contributed by atoms with Crippen molar-refractivity contribution in [3.8, 4) is 0 Å². The summed E-state index contributed by atoms with van der Waals surface area (Å²) in [5.74, 6) is 1.21. The monoisotopic (exact) mass is 168 g/mol. The molecule has 12 heavy (non-hydrogen) atoms. The molecule has 3 heteroatoms. The first-order valence-corrected chi connectivity index (χ1v) is 3.83. The molecule has 0 bridgehead atoms. The Kier molecular flexibility index (Phi) is 2.53. The van der Waals surface area contributed by atoms with Gasteiger partial charge >= 0.3 is 5.97 Å². The van der Waals surface area contributed by atoms with Gasteiger partial charge in [0.05, 0.1) is 0 Å². The maximum Gasteiger partial charge on any atom is 0.303 e. The van der Waals surface area contributed by atoms with Crippen LogP contribution in [-0.2, 0) is 9.53 Å². The van der Waals surface area contributed by atoms with E-state index in [1.807, 2.05) is 19.1 Å². The van der Waals surface area contributed by atoms with Crippen LogP contribution >= 0.6 is 0 Å². The minimum Gasteiger partial charge on any atom is -0.462 e. The SMILES string of the molecule is CC(=O)OC(C)c1ccc(C)o1. The zero-order chi connectivity index (χ0) is 9.14. The summed E-state index contributed by atoms with van der Waals surface area (Å²) in [5.41, 5.74) is 0. The van der Waals surface area contributed by atoms with Crippen molar-refractivity contribution in [3.05, 3.63) is 23.7 Å². The zero-order valence-electron chi connectivity index (χ0n) is 7.46. The number of hydrogen-bond acceptors (Lipinski definition) is 3. The third-order valence-electron chi connectivity index (χ3n) is 1.50. The molecule has 1 rings (SSSR count). The lowest BCUT2D eigenvalue weighted by atomic mass is 10.3. The minimum atomic E-state index is -0.295. The van der Waals surface area contributed by atoms with Crippen LogP contribution in [0.2, 0.25) is 0 Å². The van der Waals surface area contributed by atoms with Crippen LogP contribution in [0.25, 0.3) is 0 Å². The molecule has 0 amide bonds. The van der Waals surface area contributed by atoms with Crippen LogP contribution in [-0.4, -0.2) is 5.97 Å². The number of esters is 1. The normalized spacial score (nSPS) is 12.6. The third kappa shape index (κ3) is 2.12. The molecule has 0 aliphatic carbocycles. The summed E-state index contributed by atoms with van der Waals surface area (Å²) in [6, 6.07) is 3.65. The predicted octanol–water partition coefficient (Wildman–Crippen LogP) is 2.21. The number of carbonyl (C=O) groups excluding carboxylic acids is 1. The second kappa shape index (κ2) is 3.43. The highest BCUT2D eigenvalue weighted by Gasteiger charge is 2.11. The quantitative estimate of drug-likeness (QED) is 0.635. The highest BCUT2D eigenvalue weighted by Crippen LogP contribution is 2.18. The molecule has 1 aromatic rings. The van der Waals surface area contributed by atoms with E-state index in [0.29, 0.717) is 5.76 Å². The molecule has 1 atom stereocenters. The number of aryl methyl sites for hydroxylation is 1. The van der Waals surface area contributed by atoms with Crippen molar-refractivity contribution in [1.29, 1.82) is 0 Å². The van der Waals surface area contributed by atoms with E-state index >= 15 is 0 Å². The lowest BCUT2D eigenvalue weighted by molar-refractivity contribution is -0.146. The molecular weight excluding hydrogens is 156 g/mol. The van der Waals surface area contributed by atoms with Crippen molar-refractivity contribution in [3.63, 3.8) is 0 Å². The van der Waals surface area contributed by atoms with Gasteiger partial charge in [-0.3, -0.25) is 4.79 Å². The largest absolute Gasteiger partial charge is 0.462 e. The highest BCUT2D eigenvalue weighted by atomic mass is 16.5. The van der Waals surface area contributed by atoms with E-state index < -0.39 is 0 Å². The molecule has 0 N–H and O–H groups in total. The molecule has 0 saturated carbocycles. The lowest BCUT2D eigenvalue weighted by Gasteiger charge is -2.07. The summed E-state index contributed by atoms with van der Waals surface area (Å²) in [4.78, 5) is 10.6. The predicted molar refractivity (Wildman–Crippen MR) is 43.6 cm³/mol. The van der Waals surface area contributed by atoms with Crippen LogP contribution in [0.3, 0.4) is 0 Å². The Morgan fingerprint density at radius 3 is 2.67 bits per heavy atom. The van der Waals surface area contributed by atoms with E-state index in [9.17, 15) is 4.79 Å². The lowest BCUT2D eigenvalue weighted by Crippen LogP contribution is -2.03. The standard InChI is InChI=1S/C9H12O3/c1-6-4-5-9(11-6)7(2)12-8(3)10/h4-5,7H,1-3H3. The number of hydrogen-bond donors (Lipinski definition) is 0. The first-order chi connectivity index (χ1) is 5.59. The van der Waals surface area contributed by atoms with Gasteiger partial charge in [-0.1, -0.05) is 0 Å². The Hall–Kier alpha value is -1.25. The van der Waals surface area contributed by atoms with Crippen LogP contribution in [0.4, 0.5) is 0 Å². The van der Waals surface area contributed by atoms with Gasteiger partial charge in [-0.25, -0.2) is 0 Å². The summed E-state index contributed by atoms with van der Waals surface area (Å²) in [6.45, 7) is 5.01. The summed E-state index contributed by atoms with van der Waals surface area (Å²) in [5, 5.41) is 0. The maximum absolute atomic E-state index is 10.6. The fraction of sp³-hybridized carbons (Fsp3) is 0.444. The van der Waals surface area contributed by atoms with Crippen LogP contribution in [0.15, 0.2) is 16.5 Å². The molecule has 0 aliphatic rings. The molecular formula is C9H12O3. The summed E-state index contributed by atoms with van der Waals surface area (Å²) in [7, 11) is 0. The number of ether oxygens (including phenoxy) is 1. The van der Waals surface area contributed by atoms with E-state index in [2.05, 4.69) is 0 Å². The van der Waals surface area contributed by atoms with Gasteiger partial charge in [-0.15, -0.1) is 0 Å². The maximum atomic E-state index is 10.6. The van der Waals surface area contributed by atoms with Crippen LogP contribution in [0.1, 0.15) is 31.5 Å². The molecule has 66 valence electrons. The van der Waals surface area contributed by atoms with Crippen molar-refractivity contribution < 1.29 is 13.9 Å². The molecule has 3 nitrogen and oxygen atoms in total. The molecule has 0 fully saturated rings. The van der Waals surface area contributed by atoms with Gasteiger partial charge in [0.1, 0.15) is 11.5 Å². The molecule has 0 radical (unpaired) electrons. The summed E-state index contributed by atoms with van der Waals surface area (Å²) < 4.78 is 10.2. The van der Waals surface area contributed by atoms with Crippen molar-refractivity contribution in [1.82, 2.24) is 0 Å². The Labute approximate surface area is 71.3 Å². The van der Waals surface area contributed by atoms with Crippen molar-refractivity contribution >= 4 is 5.97 Å². The third-order valence-corrected chi connectivity index (χ3v) is 1.50. The second-order valence-electron chi connectivity index (χ2n) is 2.70. The van der Waals surface area contributed by atoms with Gasteiger partial charge in [-0.05, 0) is 26.0 Å². The van der Waals surface area contributed by atoms with Crippen molar-refractivity contribution in [2.24, 2.45) is 0 Å². The highest BCUT2D eigenvalue weighted by molar-refractivity contribution is 5.66. The van der Waals surface area contributed by atoms with Crippen LogP contribution < -0.4 is 0 Å². The average molecular weight is 168 g/mol. The zero-order valence-corrected chi connectivity index (χ0v) is 7.46. The fourth-order valence-corrected chi connectivity index (χ4v) is 0.979. The van der Waals surface area contributed by atoms with E-state index in [0.717, 1.165) is 5.76 Å². The topological polar surface area (TPSA) is 39.4 Å². The summed E-state index contributed by atoms with van der Waals surface area (Å²) >= 11 is 0. The van der Waals surface area contributed by atoms with Crippen molar-refractivity contribution in [2.45, 2.75) is 26.9 Å². The first-order valence-electron chi connectivity index (χ1n) is 3.83. The number of furan rings is 1. The smallest absolute Gasteiger partial charge is 0.303 e. The van der Waals surface area contributed by atoms with Crippen molar-refractivity contribution in [2.75, 3.05) is 0 Å². The molecule has 0 spiro atoms. The molecule has 1 aromatic heterocycles. The van der Waals surface area contributed by atoms with Crippen LogP contribution in [0.5, 0.6) is 0 Å². The minimum absolute atomic E-state index is 0.295. The fourth-order valence-electron chi connectivity index (χ4n) is 0.979. The molecule has 0 saturated heterocycles. The number of carbonyl (C=O) groups is 1. The second-order valence-corrected chi connectivity index (χ2v) is 2.70. The van der Waals surface area contributed by atoms with Gasteiger partial charge < -0.3 is 9.15 Å². The van der Waals surface area contributed by atoms with E-state index in [-0.39, 0.29) is 12.1 Å².